The quantitative estimate of drug-likeness (QED) is 0.348. The van der Waals surface area contributed by atoms with Crippen LogP contribution in [0.2, 0.25) is 5.02 Å². The molecule has 8 heteroatoms. The Labute approximate surface area is 153 Å². The molecule has 128 valence electrons. The van der Waals surface area contributed by atoms with Crippen LogP contribution in [0.4, 0.5) is 0 Å². The molecule has 2 heterocycles. The van der Waals surface area contributed by atoms with Crippen LogP contribution in [-0.4, -0.2) is 16.4 Å². The number of rotatable bonds is 2. The van der Waals surface area contributed by atoms with E-state index in [0.29, 0.717) is 6.04 Å². The molecule has 2 atom stereocenters. The number of halogens is 1. The second kappa shape index (κ2) is 7.43. The average molecular weight is 385 g/mol. The molecule has 1 aliphatic carbocycles. The van der Waals surface area contributed by atoms with Crippen LogP contribution in [0.1, 0.15) is 51.8 Å². The topological polar surface area (TPSA) is 81.6 Å². The number of thiophene rings is 1. The summed E-state index contributed by atoms with van der Waals surface area (Å²) in [6.45, 7) is 2.12. The van der Waals surface area contributed by atoms with Gasteiger partial charge in [0.1, 0.15) is 0 Å². The Morgan fingerprint density at radius 3 is 2.88 bits per heavy atom. The third-order valence-electron chi connectivity index (χ3n) is 4.23. The molecule has 1 unspecified atom stereocenters. The summed E-state index contributed by atoms with van der Waals surface area (Å²) in [5, 5.41) is 15.9. The second-order valence-electron chi connectivity index (χ2n) is 5.70. The van der Waals surface area contributed by atoms with Crippen LogP contribution in [-0.2, 0) is 6.42 Å². The van der Waals surface area contributed by atoms with Gasteiger partial charge in [-0.3, -0.25) is 20.0 Å². The van der Waals surface area contributed by atoms with Crippen LogP contribution in [0, 0.1) is 0 Å². The lowest BCUT2D eigenvalue weighted by Gasteiger charge is -2.13. The summed E-state index contributed by atoms with van der Waals surface area (Å²) in [7, 11) is 0. The van der Waals surface area contributed by atoms with Gasteiger partial charge in [-0.25, -0.2) is 0 Å². The van der Waals surface area contributed by atoms with Gasteiger partial charge in [-0.05, 0) is 66.6 Å². The summed E-state index contributed by atoms with van der Waals surface area (Å²) < 4.78 is 4.51. The summed E-state index contributed by atoms with van der Waals surface area (Å²) in [5.41, 5.74) is 3.69. The molecule has 4 rings (SSSR count). The van der Waals surface area contributed by atoms with Gasteiger partial charge in [0.2, 0.25) is 0 Å². The number of amides is 1. The minimum absolute atomic E-state index is 0.0278. The number of fused-ring (bicyclic) bond motifs is 2. The van der Waals surface area contributed by atoms with E-state index in [9.17, 15) is 4.79 Å². The predicted octanol–water partition coefficient (Wildman–Crippen LogP) is 4.51. The smallest absolute Gasteiger partial charge is 0.261 e. The zero-order valence-corrected chi connectivity index (χ0v) is 15.3. The average Bonchev–Trinajstić information content (AvgIpc) is 3.26. The van der Waals surface area contributed by atoms with Gasteiger partial charge in [-0.2, -0.15) is 0 Å². The molecule has 24 heavy (non-hydrogen) atoms. The Morgan fingerprint density at radius 2 is 2.12 bits per heavy atom. The highest BCUT2D eigenvalue weighted by molar-refractivity contribution is 7.99. The molecular formula is C16H17ClN2O3S2. The SMILES string of the molecule is CC1NSc2sc(C(=O)N[C@@H]3CCc4cc(Cl)ccc43)cc21.OO. The number of carbonyl (C=O) groups excluding carboxylic acids is 1. The summed E-state index contributed by atoms with van der Waals surface area (Å²) >= 11 is 9.22. The van der Waals surface area contributed by atoms with Crippen LogP contribution < -0.4 is 10.0 Å². The number of hydrogen-bond donors (Lipinski definition) is 4. The highest BCUT2D eigenvalue weighted by Gasteiger charge is 2.28. The molecule has 5 nitrogen and oxygen atoms in total. The normalized spacial score (nSPS) is 20.8. The van der Waals surface area contributed by atoms with Gasteiger partial charge in [0.05, 0.1) is 15.1 Å². The van der Waals surface area contributed by atoms with Gasteiger partial charge in [0, 0.05) is 11.1 Å². The summed E-state index contributed by atoms with van der Waals surface area (Å²) in [6.07, 6.45) is 1.91. The number of benzene rings is 1. The van der Waals surface area contributed by atoms with E-state index in [0.717, 1.165) is 22.7 Å². The first-order chi connectivity index (χ1) is 11.6. The van der Waals surface area contributed by atoms with Crippen molar-refractivity contribution in [3.63, 3.8) is 0 Å². The molecule has 1 amide bonds. The molecule has 2 aliphatic rings. The monoisotopic (exact) mass is 384 g/mol. The molecule has 2 aromatic rings. The third kappa shape index (κ3) is 3.33. The van der Waals surface area contributed by atoms with Crippen molar-refractivity contribution in [3.05, 3.63) is 50.9 Å². The van der Waals surface area contributed by atoms with Crippen molar-refractivity contribution < 1.29 is 15.3 Å². The molecule has 0 saturated carbocycles. The molecule has 0 spiro atoms. The third-order valence-corrected chi connectivity index (χ3v) is 6.80. The van der Waals surface area contributed by atoms with E-state index in [2.05, 4.69) is 17.0 Å². The number of aryl methyl sites for hydroxylation is 1. The molecule has 0 radical (unpaired) electrons. The minimum Gasteiger partial charge on any atom is -0.345 e. The Morgan fingerprint density at radius 1 is 1.33 bits per heavy atom. The van der Waals surface area contributed by atoms with E-state index >= 15 is 0 Å². The zero-order valence-electron chi connectivity index (χ0n) is 12.9. The van der Waals surface area contributed by atoms with Gasteiger partial charge in [-0.1, -0.05) is 17.7 Å². The lowest BCUT2D eigenvalue weighted by atomic mass is 10.1. The van der Waals surface area contributed by atoms with Gasteiger partial charge in [-0.15, -0.1) is 11.3 Å². The molecule has 0 saturated heterocycles. The highest BCUT2D eigenvalue weighted by atomic mass is 35.5. The maximum absolute atomic E-state index is 12.5. The van der Waals surface area contributed by atoms with E-state index in [4.69, 9.17) is 22.1 Å². The van der Waals surface area contributed by atoms with Crippen LogP contribution in [0.25, 0.3) is 0 Å². The Kier molecular flexibility index (Phi) is 5.49. The Balaban J connectivity index is 0.000000815. The Hall–Kier alpha value is -1.09. The first-order valence-corrected chi connectivity index (χ1v) is 9.48. The van der Waals surface area contributed by atoms with Gasteiger partial charge in [0.15, 0.2) is 0 Å². The number of nitrogens with one attached hydrogen (secondary N) is 2. The highest BCUT2D eigenvalue weighted by Crippen LogP contribution is 2.41. The summed E-state index contributed by atoms with van der Waals surface area (Å²) in [4.78, 5) is 13.3. The molecule has 4 N–H and O–H groups in total. The second-order valence-corrected chi connectivity index (χ2v) is 8.30. The van der Waals surface area contributed by atoms with Crippen molar-refractivity contribution in [1.29, 1.82) is 0 Å². The minimum atomic E-state index is 0.0278. The molecule has 1 aromatic carbocycles. The van der Waals surface area contributed by atoms with Crippen molar-refractivity contribution in [2.45, 2.75) is 36.1 Å². The van der Waals surface area contributed by atoms with Crippen LogP contribution in [0.3, 0.4) is 0 Å². The first-order valence-electron chi connectivity index (χ1n) is 7.47. The van der Waals surface area contributed by atoms with Gasteiger partial charge < -0.3 is 5.32 Å². The lowest BCUT2D eigenvalue weighted by molar-refractivity contribution is -0.176. The molecule has 1 aliphatic heterocycles. The van der Waals surface area contributed by atoms with E-state index < -0.39 is 0 Å². The zero-order chi connectivity index (χ0) is 17.3. The lowest BCUT2D eigenvalue weighted by Crippen LogP contribution is -2.26. The fourth-order valence-corrected chi connectivity index (χ4v) is 5.48. The van der Waals surface area contributed by atoms with Crippen molar-refractivity contribution in [2.24, 2.45) is 0 Å². The fraction of sp³-hybridized carbons (Fsp3) is 0.312. The standard InChI is InChI=1S/C16H15ClN2OS2.H2O2/c1-8-12-7-14(21-16(12)22-19-8)15(20)18-13-5-2-9-6-10(17)3-4-11(9)13;1-2/h3-4,6-8,13,19H,2,5H2,1H3,(H,18,20);1-2H/t8?,13-;/m1./s1. The maximum atomic E-state index is 12.5. The summed E-state index contributed by atoms with van der Waals surface area (Å²) in [6, 6.07) is 8.37. The molecule has 0 bridgehead atoms. The van der Waals surface area contributed by atoms with Crippen LogP contribution in [0.15, 0.2) is 28.5 Å². The first kappa shape index (κ1) is 17.7. The van der Waals surface area contributed by atoms with E-state index in [-0.39, 0.29) is 11.9 Å². The van der Waals surface area contributed by atoms with Gasteiger partial charge >= 0.3 is 0 Å². The van der Waals surface area contributed by atoms with E-state index in [1.807, 2.05) is 24.3 Å². The van der Waals surface area contributed by atoms with Gasteiger partial charge in [0.25, 0.3) is 5.91 Å². The van der Waals surface area contributed by atoms with Crippen LogP contribution >= 0.6 is 34.9 Å². The molecule has 1 aromatic heterocycles. The molecule has 0 fully saturated rings. The van der Waals surface area contributed by atoms with Crippen molar-refractivity contribution in [1.82, 2.24) is 10.0 Å². The van der Waals surface area contributed by atoms with Crippen molar-refractivity contribution >= 4 is 40.8 Å². The van der Waals surface area contributed by atoms with E-state index in [1.165, 1.54) is 20.9 Å². The Bertz CT molecular complexity index is 766. The number of hydrogen-bond acceptors (Lipinski definition) is 6. The van der Waals surface area contributed by atoms with Crippen molar-refractivity contribution in [2.75, 3.05) is 0 Å². The van der Waals surface area contributed by atoms with E-state index in [1.54, 1.807) is 23.3 Å². The summed E-state index contributed by atoms with van der Waals surface area (Å²) in [5.74, 6) is 0.0278. The molecular weight excluding hydrogens is 368 g/mol. The fourth-order valence-electron chi connectivity index (χ4n) is 3.05. The van der Waals surface area contributed by atoms with Crippen LogP contribution in [0.5, 0.6) is 0 Å². The van der Waals surface area contributed by atoms with Crippen molar-refractivity contribution in [3.8, 4) is 0 Å². The maximum Gasteiger partial charge on any atom is 0.261 e. The predicted molar refractivity (Wildman–Crippen MR) is 97.0 cm³/mol. The number of carbonyl (C=O) groups is 1. The largest absolute Gasteiger partial charge is 0.345 e.